The van der Waals surface area contributed by atoms with E-state index in [2.05, 4.69) is 0 Å². The molecule has 2 aromatic rings. The van der Waals surface area contributed by atoms with Gasteiger partial charge in [0.1, 0.15) is 0 Å². The summed E-state index contributed by atoms with van der Waals surface area (Å²) in [5, 5.41) is 21.7. The number of ether oxygens (including phenoxy) is 4. The van der Waals surface area contributed by atoms with Gasteiger partial charge in [0.2, 0.25) is 11.8 Å². The molecule has 44 heavy (non-hydrogen) atoms. The van der Waals surface area contributed by atoms with Crippen LogP contribution in [0.2, 0.25) is 0 Å². The summed E-state index contributed by atoms with van der Waals surface area (Å²) in [6.07, 6.45) is 0.00600. The van der Waals surface area contributed by atoms with E-state index in [-0.39, 0.29) is 90.2 Å². The number of methoxy groups -OCH3 is 2. The van der Waals surface area contributed by atoms with Gasteiger partial charge in [0, 0.05) is 63.3 Å². The summed E-state index contributed by atoms with van der Waals surface area (Å²) in [4.78, 5) is 49.8. The fourth-order valence-corrected chi connectivity index (χ4v) is 4.97. The molecule has 2 heterocycles. The number of benzene rings is 2. The number of fused-ring (bicyclic) bond motifs is 2. The Morgan fingerprint density at radius 1 is 0.705 bits per heavy atom. The Labute approximate surface area is 300 Å². The number of amides is 2. The van der Waals surface area contributed by atoms with Gasteiger partial charge < -0.3 is 48.5 Å². The molecule has 4 rings (SSSR count). The van der Waals surface area contributed by atoms with Crippen molar-refractivity contribution >= 4 is 23.8 Å². The molecular weight excluding hydrogens is 594 g/mol. The molecule has 0 aromatic heterocycles. The van der Waals surface area contributed by atoms with Crippen LogP contribution in [0.25, 0.3) is 0 Å². The Morgan fingerprint density at radius 3 is 1.50 bits per heavy atom. The third-order valence-electron chi connectivity index (χ3n) is 7.35. The van der Waals surface area contributed by atoms with Gasteiger partial charge in [0.05, 0.1) is 27.4 Å². The summed E-state index contributed by atoms with van der Waals surface area (Å²) in [5.74, 6) is -1.72. The van der Waals surface area contributed by atoms with Crippen molar-refractivity contribution in [2.24, 2.45) is 5.92 Å². The topological polar surface area (TPSA) is 158 Å². The number of carbonyl (C=O) groups excluding carboxylic acids is 4. The van der Waals surface area contributed by atoms with Crippen LogP contribution in [0.1, 0.15) is 54.9 Å². The zero-order chi connectivity index (χ0) is 30.4. The van der Waals surface area contributed by atoms with Crippen molar-refractivity contribution in [3.8, 4) is 23.0 Å². The van der Waals surface area contributed by atoms with Gasteiger partial charge in [-0.15, -0.1) is 0 Å². The smallest absolute Gasteiger partial charge is 0.550 e. The first-order chi connectivity index (χ1) is 20.1. The van der Waals surface area contributed by atoms with Crippen LogP contribution in [0, 0.1) is 5.92 Å². The van der Waals surface area contributed by atoms with E-state index < -0.39 is 17.9 Å². The fourth-order valence-electron chi connectivity index (χ4n) is 4.97. The Bertz CT molecular complexity index is 1370. The molecule has 1 atom stereocenters. The zero-order valence-corrected chi connectivity index (χ0v) is 29.9. The van der Waals surface area contributed by atoms with Gasteiger partial charge >= 0.3 is 59.1 Å². The van der Waals surface area contributed by atoms with Crippen LogP contribution in [0.3, 0.4) is 0 Å². The van der Waals surface area contributed by atoms with Crippen molar-refractivity contribution in [2.45, 2.75) is 58.8 Å². The van der Waals surface area contributed by atoms with E-state index in [1.54, 1.807) is 9.80 Å². The maximum absolute atomic E-state index is 12.5. The third kappa shape index (κ3) is 9.51. The molecule has 14 heteroatoms. The molecule has 0 radical (unpaired) electrons. The number of carboxylic acid groups (broad SMARTS) is 2. The average molecular weight is 629 g/mol. The molecule has 0 aliphatic carbocycles. The first-order valence-corrected chi connectivity index (χ1v) is 13.7. The maximum atomic E-state index is 12.5. The first kappa shape index (κ1) is 37.7. The third-order valence-corrected chi connectivity index (χ3v) is 7.35. The van der Waals surface area contributed by atoms with E-state index in [1.807, 2.05) is 24.3 Å². The van der Waals surface area contributed by atoms with Crippen molar-refractivity contribution in [3.63, 3.8) is 0 Å². The fraction of sp³-hybridized carbons (Fsp3) is 0.467. The Morgan fingerprint density at radius 2 is 1.11 bits per heavy atom. The second-order valence-electron chi connectivity index (χ2n) is 10.4. The molecule has 0 N–H and O–H groups in total. The minimum absolute atomic E-state index is 0. The van der Waals surface area contributed by atoms with E-state index in [0.29, 0.717) is 68.8 Å². The molecule has 12 nitrogen and oxygen atoms in total. The van der Waals surface area contributed by atoms with E-state index in [4.69, 9.17) is 18.9 Å². The minimum Gasteiger partial charge on any atom is -0.550 e. The van der Waals surface area contributed by atoms with Crippen LogP contribution in [0.4, 0.5) is 0 Å². The number of rotatable bonds is 14. The number of carboxylic acids is 2. The molecule has 2 aliphatic rings. The second kappa shape index (κ2) is 17.3. The van der Waals surface area contributed by atoms with E-state index >= 15 is 0 Å². The second-order valence-corrected chi connectivity index (χ2v) is 10.4. The molecule has 0 spiro atoms. The van der Waals surface area contributed by atoms with Gasteiger partial charge in [0.25, 0.3) is 0 Å². The largest absolute Gasteiger partial charge is 1.00 e. The molecule has 2 amide bonds. The molecule has 0 saturated heterocycles. The van der Waals surface area contributed by atoms with Gasteiger partial charge in [-0.25, -0.2) is 0 Å². The summed E-state index contributed by atoms with van der Waals surface area (Å²) >= 11 is 0. The van der Waals surface area contributed by atoms with Crippen LogP contribution >= 0.6 is 0 Å². The van der Waals surface area contributed by atoms with Crippen LogP contribution in [0.5, 0.6) is 23.0 Å². The van der Waals surface area contributed by atoms with Gasteiger partial charge in [-0.3, -0.25) is 9.59 Å². The predicted octanol–water partition coefficient (Wildman–Crippen LogP) is -5.45. The molecule has 0 fully saturated rings. The van der Waals surface area contributed by atoms with Gasteiger partial charge in [-0.1, -0.05) is 6.92 Å². The van der Waals surface area contributed by atoms with Crippen molar-refractivity contribution < 1.29 is 107 Å². The molecule has 2 aliphatic heterocycles. The average Bonchev–Trinajstić information content (AvgIpc) is 3.58. The Balaban J connectivity index is 0.00000337. The minimum atomic E-state index is -1.25. The van der Waals surface area contributed by atoms with Gasteiger partial charge in [-0.05, 0) is 52.9 Å². The standard InChI is InChI=1S/C30H36N2O10.2Na/c1-18(30(37)38)9-28(34)32-16-20-11-24(40-3)26(13-22(20)17-32)42-8-4-7-41-25-12-21-15-31(27(33)5-6-29(35)36)14-19(21)10-23(25)39-2;;/h10-13,18H,4-9,14-17H2,1-3H3,(H,35,36)(H,37,38);;/q;2*+1/p-2/t18-;;/m0../s1. The molecule has 2 aromatic carbocycles. The number of nitrogens with zero attached hydrogens (tertiary/aromatic N) is 2. The van der Waals surface area contributed by atoms with Crippen molar-refractivity contribution in [1.82, 2.24) is 9.80 Å². The summed E-state index contributed by atoms with van der Waals surface area (Å²) in [7, 11) is 3.07. The zero-order valence-electron chi connectivity index (χ0n) is 25.9. The monoisotopic (exact) mass is 628 g/mol. The molecular formula is C30H34N2Na2O10. The summed E-state index contributed by atoms with van der Waals surface area (Å²) in [6.45, 7) is 3.57. The summed E-state index contributed by atoms with van der Waals surface area (Å²) in [5.41, 5.74) is 3.65. The molecule has 0 bridgehead atoms. The van der Waals surface area contributed by atoms with Crippen molar-refractivity contribution in [1.29, 1.82) is 0 Å². The Kier molecular flexibility index (Phi) is 14.8. The normalized spacial score (nSPS) is 13.5. The predicted molar refractivity (Wildman–Crippen MR) is 143 cm³/mol. The quantitative estimate of drug-likeness (QED) is 0.146. The van der Waals surface area contributed by atoms with Crippen LogP contribution in [-0.4, -0.2) is 61.0 Å². The summed E-state index contributed by atoms with van der Waals surface area (Å²) in [6, 6.07) is 7.34. The number of carbonyl (C=O) groups is 4. The van der Waals surface area contributed by atoms with Crippen LogP contribution < -0.4 is 88.3 Å². The van der Waals surface area contributed by atoms with E-state index in [1.165, 1.54) is 21.1 Å². The Hall–Kier alpha value is -2.48. The molecule has 0 unspecified atom stereocenters. The van der Waals surface area contributed by atoms with Crippen LogP contribution in [-0.2, 0) is 45.4 Å². The maximum Gasteiger partial charge on any atom is 1.00 e. The van der Waals surface area contributed by atoms with E-state index in [0.717, 1.165) is 22.3 Å². The summed E-state index contributed by atoms with van der Waals surface area (Å²) < 4.78 is 22.9. The SMILES string of the molecule is COc1cc2c(cc1OCCCOc1cc3c(cc1OC)CN(C(=O)C[C@H](C)C(=O)[O-])C3)CN(C(=O)CCC(=O)[O-])C2.[Na+].[Na+]. The molecule has 226 valence electrons. The van der Waals surface area contributed by atoms with E-state index in [9.17, 15) is 29.4 Å². The van der Waals surface area contributed by atoms with Crippen LogP contribution in [0.15, 0.2) is 24.3 Å². The number of hydrogen-bond donors (Lipinski definition) is 0. The van der Waals surface area contributed by atoms with Crippen molar-refractivity contribution in [3.05, 3.63) is 46.5 Å². The van der Waals surface area contributed by atoms with Gasteiger partial charge in [-0.2, -0.15) is 0 Å². The first-order valence-electron chi connectivity index (χ1n) is 13.7. The molecule has 0 saturated carbocycles. The van der Waals surface area contributed by atoms with Crippen molar-refractivity contribution in [2.75, 3.05) is 27.4 Å². The number of aliphatic carboxylic acids is 2. The number of hydrogen-bond acceptors (Lipinski definition) is 10. The van der Waals surface area contributed by atoms with Gasteiger partial charge in [0.15, 0.2) is 23.0 Å².